The number of halogens is 1. The Bertz CT molecular complexity index is 715. The molecule has 0 radical (unpaired) electrons. The molecule has 0 bridgehead atoms. The second-order valence-corrected chi connectivity index (χ2v) is 7.31. The van der Waals surface area contributed by atoms with E-state index in [1.54, 1.807) is 7.11 Å². The van der Waals surface area contributed by atoms with Crippen molar-refractivity contribution >= 4 is 15.9 Å². The van der Waals surface area contributed by atoms with Crippen LogP contribution in [-0.2, 0) is 0 Å². The predicted octanol–water partition coefficient (Wildman–Crippen LogP) is 4.24. The minimum absolute atomic E-state index is 0.0881. The van der Waals surface area contributed by atoms with E-state index in [1.165, 1.54) is 11.1 Å². The number of ether oxygens (including phenoxy) is 2. The van der Waals surface area contributed by atoms with E-state index in [9.17, 15) is 0 Å². The Labute approximate surface area is 164 Å². The summed E-state index contributed by atoms with van der Waals surface area (Å²) in [6.45, 7) is 6.75. The van der Waals surface area contributed by atoms with Crippen LogP contribution >= 0.6 is 15.9 Å². The molecule has 1 aliphatic rings. The minimum Gasteiger partial charge on any atom is -0.496 e. The first-order valence-electron chi connectivity index (χ1n) is 9.24. The van der Waals surface area contributed by atoms with Crippen molar-refractivity contribution in [2.75, 3.05) is 39.9 Å². The summed E-state index contributed by atoms with van der Waals surface area (Å²) in [6.07, 6.45) is 1.13. The zero-order chi connectivity index (χ0) is 18.4. The summed E-state index contributed by atoms with van der Waals surface area (Å²) in [4.78, 5) is 2.53. The lowest BCUT2D eigenvalue weighted by Crippen LogP contribution is -2.33. The van der Waals surface area contributed by atoms with Crippen LogP contribution < -0.4 is 14.8 Å². The van der Waals surface area contributed by atoms with Crippen molar-refractivity contribution in [2.45, 2.75) is 19.4 Å². The molecule has 1 saturated heterocycles. The molecular formula is C21H27BrN2O2. The standard InChI is InChI=1S/C21H27BrN2O2/c1-3-26-20-10-9-16(22)15-18(20)21(24-13-6-11-23-12-14-24)17-7-4-5-8-19(17)25-2/h4-5,7-10,15,21,23H,3,6,11-14H2,1-2H3. The Morgan fingerprint density at radius 1 is 1.08 bits per heavy atom. The monoisotopic (exact) mass is 418 g/mol. The summed E-state index contributed by atoms with van der Waals surface area (Å²) in [5.74, 6) is 1.85. The number of nitrogens with zero attached hydrogens (tertiary/aromatic N) is 1. The van der Waals surface area contributed by atoms with E-state index in [4.69, 9.17) is 9.47 Å². The Hall–Kier alpha value is -1.56. The molecule has 1 fully saturated rings. The van der Waals surface area contributed by atoms with Gasteiger partial charge in [-0.05, 0) is 44.2 Å². The van der Waals surface area contributed by atoms with Crippen LogP contribution in [0.15, 0.2) is 46.9 Å². The van der Waals surface area contributed by atoms with Gasteiger partial charge in [0.2, 0.25) is 0 Å². The van der Waals surface area contributed by atoms with Crippen molar-refractivity contribution in [3.05, 3.63) is 58.1 Å². The van der Waals surface area contributed by atoms with Gasteiger partial charge in [-0.3, -0.25) is 4.90 Å². The second-order valence-electron chi connectivity index (χ2n) is 6.40. The molecular weight excluding hydrogens is 392 g/mol. The van der Waals surface area contributed by atoms with Crippen LogP contribution in [0.5, 0.6) is 11.5 Å². The summed E-state index contributed by atoms with van der Waals surface area (Å²) in [5, 5.41) is 3.50. The predicted molar refractivity (Wildman–Crippen MR) is 109 cm³/mol. The molecule has 0 aliphatic carbocycles. The zero-order valence-electron chi connectivity index (χ0n) is 15.5. The SMILES string of the molecule is CCOc1ccc(Br)cc1C(c1ccccc1OC)N1CCCNCC1. The van der Waals surface area contributed by atoms with Crippen LogP contribution in [-0.4, -0.2) is 44.8 Å². The van der Waals surface area contributed by atoms with Crippen molar-refractivity contribution in [1.29, 1.82) is 0 Å². The highest BCUT2D eigenvalue weighted by molar-refractivity contribution is 9.10. The molecule has 1 N–H and O–H groups in total. The maximum Gasteiger partial charge on any atom is 0.124 e. The molecule has 0 saturated carbocycles. The topological polar surface area (TPSA) is 33.7 Å². The summed E-state index contributed by atoms with van der Waals surface area (Å²) >= 11 is 3.65. The van der Waals surface area contributed by atoms with Crippen LogP contribution in [0.3, 0.4) is 0 Å². The number of hydrogen-bond acceptors (Lipinski definition) is 4. The van der Waals surface area contributed by atoms with Gasteiger partial charge in [-0.25, -0.2) is 0 Å². The van der Waals surface area contributed by atoms with Crippen LogP contribution in [0, 0.1) is 0 Å². The number of hydrogen-bond donors (Lipinski definition) is 1. The summed E-state index contributed by atoms with van der Waals surface area (Å²) < 4.78 is 12.8. The average Bonchev–Trinajstić information content (AvgIpc) is 2.94. The lowest BCUT2D eigenvalue weighted by molar-refractivity contribution is 0.229. The summed E-state index contributed by atoms with van der Waals surface area (Å²) in [6, 6.07) is 14.7. The van der Waals surface area contributed by atoms with E-state index in [2.05, 4.69) is 50.4 Å². The highest BCUT2D eigenvalue weighted by atomic mass is 79.9. The number of rotatable bonds is 6. The first-order chi connectivity index (χ1) is 12.7. The molecule has 2 aromatic carbocycles. The highest BCUT2D eigenvalue weighted by Gasteiger charge is 2.28. The van der Waals surface area contributed by atoms with E-state index in [-0.39, 0.29) is 6.04 Å². The van der Waals surface area contributed by atoms with Crippen molar-refractivity contribution in [3.8, 4) is 11.5 Å². The number of para-hydroxylation sites is 1. The molecule has 140 valence electrons. The summed E-state index contributed by atoms with van der Waals surface area (Å²) in [7, 11) is 1.74. The first kappa shape index (κ1) is 19.2. The van der Waals surface area contributed by atoms with Crippen LogP contribution in [0.1, 0.15) is 30.5 Å². The van der Waals surface area contributed by atoms with Gasteiger partial charge in [0.05, 0.1) is 19.8 Å². The Morgan fingerprint density at radius 3 is 2.73 bits per heavy atom. The number of nitrogens with one attached hydrogen (secondary N) is 1. The van der Waals surface area contributed by atoms with E-state index >= 15 is 0 Å². The van der Waals surface area contributed by atoms with Crippen LogP contribution in [0.2, 0.25) is 0 Å². The second kappa shape index (κ2) is 9.40. The maximum atomic E-state index is 5.99. The van der Waals surface area contributed by atoms with Gasteiger partial charge in [-0.15, -0.1) is 0 Å². The van der Waals surface area contributed by atoms with Crippen molar-refractivity contribution in [2.24, 2.45) is 0 Å². The molecule has 0 spiro atoms. The van der Waals surface area contributed by atoms with Crippen molar-refractivity contribution < 1.29 is 9.47 Å². The van der Waals surface area contributed by atoms with Gasteiger partial charge in [0.15, 0.2) is 0 Å². The van der Waals surface area contributed by atoms with Crippen LogP contribution in [0.4, 0.5) is 0 Å². The van der Waals surface area contributed by atoms with Crippen LogP contribution in [0.25, 0.3) is 0 Å². The fourth-order valence-corrected chi connectivity index (χ4v) is 3.98. The highest BCUT2D eigenvalue weighted by Crippen LogP contribution is 2.40. The van der Waals surface area contributed by atoms with Gasteiger partial charge in [0.25, 0.3) is 0 Å². The van der Waals surface area contributed by atoms with Crippen molar-refractivity contribution in [1.82, 2.24) is 10.2 Å². The molecule has 0 aromatic heterocycles. The van der Waals surface area contributed by atoms with E-state index < -0.39 is 0 Å². The molecule has 4 nitrogen and oxygen atoms in total. The zero-order valence-corrected chi connectivity index (χ0v) is 17.1. The fourth-order valence-electron chi connectivity index (χ4n) is 3.60. The largest absolute Gasteiger partial charge is 0.496 e. The Balaban J connectivity index is 2.13. The smallest absolute Gasteiger partial charge is 0.124 e. The molecule has 1 aliphatic heterocycles. The lowest BCUT2D eigenvalue weighted by atomic mass is 9.95. The number of methoxy groups -OCH3 is 1. The third-order valence-electron chi connectivity index (χ3n) is 4.74. The van der Waals surface area contributed by atoms with E-state index in [0.717, 1.165) is 48.6 Å². The Kier molecular flexibility index (Phi) is 6.94. The van der Waals surface area contributed by atoms with Gasteiger partial charge in [-0.2, -0.15) is 0 Å². The quantitative estimate of drug-likeness (QED) is 0.760. The molecule has 1 heterocycles. The van der Waals surface area contributed by atoms with Gasteiger partial charge in [0.1, 0.15) is 11.5 Å². The van der Waals surface area contributed by atoms with Crippen molar-refractivity contribution in [3.63, 3.8) is 0 Å². The average molecular weight is 419 g/mol. The molecule has 3 rings (SSSR count). The molecule has 1 atom stereocenters. The lowest BCUT2D eigenvalue weighted by Gasteiger charge is -2.33. The number of benzene rings is 2. The van der Waals surface area contributed by atoms with Gasteiger partial charge in [0, 0.05) is 35.2 Å². The molecule has 5 heteroatoms. The molecule has 26 heavy (non-hydrogen) atoms. The maximum absolute atomic E-state index is 5.99. The normalized spacial score (nSPS) is 16.7. The van der Waals surface area contributed by atoms with E-state index in [0.29, 0.717) is 6.61 Å². The molecule has 2 aromatic rings. The van der Waals surface area contributed by atoms with E-state index in [1.807, 2.05) is 25.1 Å². The first-order valence-corrected chi connectivity index (χ1v) is 10.0. The molecule has 0 amide bonds. The fraction of sp³-hybridized carbons (Fsp3) is 0.429. The molecule has 1 unspecified atom stereocenters. The minimum atomic E-state index is 0.0881. The van der Waals surface area contributed by atoms with Gasteiger partial charge < -0.3 is 14.8 Å². The third-order valence-corrected chi connectivity index (χ3v) is 5.23. The third kappa shape index (κ3) is 4.40. The summed E-state index contributed by atoms with van der Waals surface area (Å²) in [5.41, 5.74) is 2.35. The van der Waals surface area contributed by atoms with Gasteiger partial charge in [-0.1, -0.05) is 34.1 Å². The Morgan fingerprint density at radius 2 is 1.92 bits per heavy atom. The van der Waals surface area contributed by atoms with Gasteiger partial charge >= 0.3 is 0 Å².